The van der Waals surface area contributed by atoms with Gasteiger partial charge in [0.2, 0.25) is 0 Å². The smallest absolute Gasteiger partial charge is 0.258 e. The van der Waals surface area contributed by atoms with Gasteiger partial charge in [-0.1, -0.05) is 43.7 Å². The maximum absolute atomic E-state index is 10.9. The fraction of sp³-hybridized carbons (Fsp3) is 0.500. The highest BCUT2D eigenvalue weighted by Gasteiger charge is 2.22. The van der Waals surface area contributed by atoms with Gasteiger partial charge in [-0.15, -0.1) is 0 Å². The third-order valence-corrected chi connectivity index (χ3v) is 5.26. The van der Waals surface area contributed by atoms with Crippen molar-refractivity contribution in [2.45, 2.75) is 38.6 Å². The van der Waals surface area contributed by atoms with Crippen molar-refractivity contribution in [3.05, 3.63) is 39.9 Å². The minimum Gasteiger partial charge on any atom is -0.258 e. The average molecular weight is 332 g/mol. The molecule has 0 bridgehead atoms. The molecule has 1 aromatic carbocycles. The number of benzene rings is 1. The molecule has 0 aromatic heterocycles. The molecule has 1 aromatic rings. The van der Waals surface area contributed by atoms with Crippen molar-refractivity contribution in [2.75, 3.05) is 5.75 Å². The van der Waals surface area contributed by atoms with Crippen LogP contribution < -0.4 is 5.43 Å². The van der Waals surface area contributed by atoms with Crippen LogP contribution in [0.3, 0.4) is 0 Å². The number of thioether (sulfide) groups is 1. The molecule has 7 heteroatoms. The summed E-state index contributed by atoms with van der Waals surface area (Å²) < 4.78 is 0. The molecule has 122 valence electrons. The van der Waals surface area contributed by atoms with Gasteiger partial charge in [0, 0.05) is 23.4 Å². The Morgan fingerprint density at radius 1 is 1.39 bits per heavy atom. The molecule has 23 heavy (non-hydrogen) atoms. The van der Waals surface area contributed by atoms with Gasteiger partial charge in [0.1, 0.15) is 0 Å². The fourth-order valence-electron chi connectivity index (χ4n) is 2.97. The third kappa shape index (κ3) is 3.90. The van der Waals surface area contributed by atoms with Gasteiger partial charge in [-0.3, -0.25) is 20.5 Å². The van der Waals surface area contributed by atoms with E-state index in [2.05, 4.69) is 17.5 Å². The Balaban J connectivity index is 1.70. The summed E-state index contributed by atoms with van der Waals surface area (Å²) in [5.41, 5.74) is 4.70. The van der Waals surface area contributed by atoms with E-state index in [1.54, 1.807) is 23.9 Å². The van der Waals surface area contributed by atoms with Crippen LogP contribution in [0, 0.1) is 16.0 Å². The van der Waals surface area contributed by atoms with Crippen molar-refractivity contribution in [2.24, 2.45) is 16.0 Å². The van der Waals surface area contributed by atoms with E-state index < -0.39 is 0 Å². The maximum atomic E-state index is 10.9. The molecule has 6 nitrogen and oxygen atoms in total. The predicted octanol–water partition coefficient (Wildman–Crippen LogP) is 3.57. The predicted molar refractivity (Wildman–Crippen MR) is 94.1 cm³/mol. The van der Waals surface area contributed by atoms with Crippen LogP contribution in [0.15, 0.2) is 34.4 Å². The van der Waals surface area contributed by atoms with E-state index in [1.165, 1.54) is 25.3 Å². The van der Waals surface area contributed by atoms with E-state index in [0.717, 1.165) is 22.9 Å². The SMILES string of the molecule is C[C@@H]1CCCC[C@@H]1N=C1NN=C(c2cccc([N+](=O)[O-])c2)CS1. The summed E-state index contributed by atoms with van der Waals surface area (Å²) in [5.74, 6) is 1.30. The molecular formula is C16H20N4O2S. The van der Waals surface area contributed by atoms with E-state index in [9.17, 15) is 10.1 Å². The molecular weight excluding hydrogens is 312 g/mol. The number of nitrogens with zero attached hydrogens (tertiary/aromatic N) is 3. The Kier molecular flexibility index (Phi) is 4.95. The summed E-state index contributed by atoms with van der Waals surface area (Å²) in [7, 11) is 0. The molecule has 1 fully saturated rings. The molecule has 1 aliphatic heterocycles. The van der Waals surface area contributed by atoms with E-state index in [0.29, 0.717) is 17.7 Å². The first-order chi connectivity index (χ1) is 11.1. The lowest BCUT2D eigenvalue weighted by Gasteiger charge is -2.26. The molecule has 0 saturated heterocycles. The molecule has 0 amide bonds. The number of nitro benzene ring substituents is 1. The van der Waals surface area contributed by atoms with Crippen molar-refractivity contribution in [3.63, 3.8) is 0 Å². The van der Waals surface area contributed by atoms with Crippen LogP contribution in [-0.2, 0) is 0 Å². The maximum Gasteiger partial charge on any atom is 0.270 e. The van der Waals surface area contributed by atoms with Gasteiger partial charge < -0.3 is 0 Å². The zero-order chi connectivity index (χ0) is 16.2. The first-order valence-corrected chi connectivity index (χ1v) is 8.90. The van der Waals surface area contributed by atoms with Crippen LogP contribution in [0.2, 0.25) is 0 Å². The number of amidine groups is 1. The molecule has 1 N–H and O–H groups in total. The molecule has 1 aliphatic carbocycles. The number of hydrogen-bond acceptors (Lipinski definition) is 5. The fourth-order valence-corrected chi connectivity index (χ4v) is 3.79. The van der Waals surface area contributed by atoms with Crippen molar-refractivity contribution in [3.8, 4) is 0 Å². The summed E-state index contributed by atoms with van der Waals surface area (Å²) in [5, 5.41) is 16.1. The lowest BCUT2D eigenvalue weighted by Crippen LogP contribution is -2.29. The van der Waals surface area contributed by atoms with Crippen molar-refractivity contribution >= 4 is 28.3 Å². The molecule has 3 rings (SSSR count). The van der Waals surface area contributed by atoms with Gasteiger partial charge >= 0.3 is 0 Å². The molecule has 2 atom stereocenters. The summed E-state index contributed by atoms with van der Waals surface area (Å²) in [4.78, 5) is 15.3. The molecule has 2 aliphatic rings. The Morgan fingerprint density at radius 2 is 2.22 bits per heavy atom. The number of rotatable bonds is 3. The largest absolute Gasteiger partial charge is 0.270 e. The number of hydrazone groups is 1. The lowest BCUT2D eigenvalue weighted by atomic mass is 9.86. The highest BCUT2D eigenvalue weighted by Crippen LogP contribution is 2.27. The second kappa shape index (κ2) is 7.12. The van der Waals surface area contributed by atoms with E-state index in [1.807, 2.05) is 6.07 Å². The van der Waals surface area contributed by atoms with Crippen LogP contribution in [0.4, 0.5) is 5.69 Å². The lowest BCUT2D eigenvalue weighted by molar-refractivity contribution is -0.384. The number of hydrogen-bond donors (Lipinski definition) is 1. The molecule has 0 radical (unpaired) electrons. The van der Waals surface area contributed by atoms with E-state index in [4.69, 9.17) is 4.99 Å². The van der Waals surface area contributed by atoms with E-state index >= 15 is 0 Å². The summed E-state index contributed by atoms with van der Waals surface area (Å²) in [6.45, 7) is 2.26. The second-order valence-corrected chi connectivity index (χ2v) is 6.99. The minimum atomic E-state index is -0.384. The van der Waals surface area contributed by atoms with Crippen LogP contribution in [0.25, 0.3) is 0 Å². The molecule has 0 spiro atoms. The first kappa shape index (κ1) is 16.0. The zero-order valence-electron chi connectivity index (χ0n) is 13.1. The normalized spacial score (nSPS) is 26.5. The van der Waals surface area contributed by atoms with Gasteiger partial charge in [-0.05, 0) is 18.8 Å². The van der Waals surface area contributed by atoms with Crippen LogP contribution in [0.1, 0.15) is 38.2 Å². The number of nitro groups is 1. The van der Waals surface area contributed by atoms with Crippen LogP contribution >= 0.6 is 11.8 Å². The number of non-ortho nitro benzene ring substituents is 1. The minimum absolute atomic E-state index is 0.0886. The van der Waals surface area contributed by atoms with Gasteiger partial charge in [-0.25, -0.2) is 0 Å². The van der Waals surface area contributed by atoms with Gasteiger partial charge in [-0.2, -0.15) is 5.10 Å². The Labute approximate surface area is 139 Å². The Bertz CT molecular complexity index is 659. The highest BCUT2D eigenvalue weighted by atomic mass is 32.2. The van der Waals surface area contributed by atoms with Gasteiger partial charge in [0.25, 0.3) is 5.69 Å². The topological polar surface area (TPSA) is 79.9 Å². The molecule has 1 heterocycles. The number of nitrogens with one attached hydrogen (secondary N) is 1. The molecule has 0 unspecified atom stereocenters. The third-order valence-electron chi connectivity index (χ3n) is 4.37. The summed E-state index contributed by atoms with van der Waals surface area (Å²) >= 11 is 1.61. The standard InChI is InChI=1S/C16H20N4O2S/c1-11-5-2-3-8-14(11)17-16-19-18-15(10-23-16)12-6-4-7-13(9-12)20(21)22/h4,6-7,9,11,14H,2-3,5,8,10H2,1H3,(H,17,19)/t11-,14+/m1/s1. The van der Waals surface area contributed by atoms with Gasteiger partial charge in [0.15, 0.2) is 5.17 Å². The summed E-state index contributed by atoms with van der Waals surface area (Å²) in [6, 6.07) is 6.97. The second-order valence-electron chi connectivity index (χ2n) is 6.03. The Hall–Kier alpha value is -1.89. The average Bonchev–Trinajstić information content (AvgIpc) is 2.58. The van der Waals surface area contributed by atoms with Crippen LogP contribution in [-0.4, -0.2) is 27.6 Å². The first-order valence-electron chi connectivity index (χ1n) is 7.91. The zero-order valence-corrected chi connectivity index (χ0v) is 13.9. The van der Waals surface area contributed by atoms with E-state index in [-0.39, 0.29) is 10.6 Å². The molecule has 1 saturated carbocycles. The Morgan fingerprint density at radius 3 is 2.91 bits per heavy atom. The monoisotopic (exact) mass is 332 g/mol. The van der Waals surface area contributed by atoms with Gasteiger partial charge in [0.05, 0.1) is 16.7 Å². The quantitative estimate of drug-likeness (QED) is 0.678. The summed E-state index contributed by atoms with van der Waals surface area (Å²) in [6.07, 6.45) is 4.94. The van der Waals surface area contributed by atoms with Crippen molar-refractivity contribution < 1.29 is 4.92 Å². The van der Waals surface area contributed by atoms with Crippen LogP contribution in [0.5, 0.6) is 0 Å². The van der Waals surface area contributed by atoms with Crippen molar-refractivity contribution in [1.29, 1.82) is 0 Å². The number of aliphatic imine (C=N–C) groups is 1. The van der Waals surface area contributed by atoms with Crippen molar-refractivity contribution in [1.82, 2.24) is 5.43 Å². The highest BCUT2D eigenvalue weighted by molar-refractivity contribution is 8.14.